The highest BCUT2D eigenvalue weighted by Crippen LogP contribution is 2.28. The molecule has 0 saturated carbocycles. The van der Waals surface area contributed by atoms with Gasteiger partial charge in [0.2, 0.25) is 0 Å². The van der Waals surface area contributed by atoms with Crippen molar-refractivity contribution in [3.05, 3.63) is 28.3 Å². The lowest BCUT2D eigenvalue weighted by Crippen LogP contribution is -2.28. The maximum Gasteiger partial charge on any atom is 0.409 e. The third-order valence-corrected chi connectivity index (χ3v) is 3.16. The Morgan fingerprint density at radius 1 is 1.55 bits per heavy atom. The fourth-order valence-corrected chi connectivity index (χ4v) is 2.07. The second kappa shape index (κ2) is 6.07. The van der Waals surface area contributed by atoms with Gasteiger partial charge in [-0.3, -0.25) is 4.57 Å². The molecule has 1 aliphatic rings. The minimum absolute atomic E-state index is 0.000837. The van der Waals surface area contributed by atoms with E-state index in [0.29, 0.717) is 6.08 Å². The molecule has 3 atom stereocenters. The van der Waals surface area contributed by atoms with Crippen molar-refractivity contribution < 1.29 is 28.1 Å². The van der Waals surface area contributed by atoms with Crippen molar-refractivity contribution in [2.45, 2.75) is 31.0 Å². The largest absolute Gasteiger partial charge is 0.409 e. The van der Waals surface area contributed by atoms with Gasteiger partial charge in [-0.25, -0.2) is 4.79 Å². The molecule has 0 aromatic carbocycles. The van der Waals surface area contributed by atoms with E-state index in [1.54, 1.807) is 0 Å². The summed E-state index contributed by atoms with van der Waals surface area (Å²) in [5.74, 6) is -0.348. The third kappa shape index (κ3) is 3.64. The molecule has 0 spiro atoms. The maximum absolute atomic E-state index is 12.2. The minimum Gasteiger partial charge on any atom is -0.394 e. The van der Waals surface area contributed by atoms with Crippen molar-refractivity contribution in [1.29, 1.82) is 0 Å². The van der Waals surface area contributed by atoms with Crippen LogP contribution >= 0.6 is 0 Å². The molecule has 2 rings (SSSR count). The monoisotopic (exact) mass is 321 g/mol. The summed E-state index contributed by atoms with van der Waals surface area (Å²) in [6, 6.07) is 0. The van der Waals surface area contributed by atoms with Gasteiger partial charge in [0.1, 0.15) is 18.1 Å². The summed E-state index contributed by atoms with van der Waals surface area (Å²) in [6.45, 7) is -0.449. The number of nitrogens with zero attached hydrogens (tertiary/aromatic N) is 2. The molecule has 1 aliphatic heterocycles. The Morgan fingerprint density at radius 2 is 2.23 bits per heavy atom. The van der Waals surface area contributed by atoms with Gasteiger partial charge < -0.3 is 20.7 Å². The van der Waals surface area contributed by atoms with Gasteiger partial charge in [-0.15, -0.1) is 0 Å². The van der Waals surface area contributed by atoms with E-state index in [1.165, 1.54) is 0 Å². The van der Waals surface area contributed by atoms with Gasteiger partial charge in [0.25, 0.3) is 0 Å². The second-order valence-electron chi connectivity index (χ2n) is 4.76. The number of halogens is 3. The summed E-state index contributed by atoms with van der Waals surface area (Å²) in [7, 11) is 0. The third-order valence-electron chi connectivity index (χ3n) is 3.16. The lowest BCUT2D eigenvalue weighted by molar-refractivity contribution is -0.0790. The number of rotatable bonds is 3. The van der Waals surface area contributed by atoms with Crippen molar-refractivity contribution in [3.8, 4) is 0 Å². The van der Waals surface area contributed by atoms with Gasteiger partial charge in [-0.05, 0) is 6.08 Å². The summed E-state index contributed by atoms with van der Waals surface area (Å²) in [4.78, 5) is 15.2. The van der Waals surface area contributed by atoms with E-state index >= 15 is 0 Å². The van der Waals surface area contributed by atoms with Gasteiger partial charge >= 0.3 is 11.9 Å². The fourth-order valence-electron chi connectivity index (χ4n) is 2.07. The highest BCUT2D eigenvalue weighted by molar-refractivity contribution is 5.60. The van der Waals surface area contributed by atoms with Crippen LogP contribution in [0, 0.1) is 0 Å². The van der Waals surface area contributed by atoms with Gasteiger partial charge in [-0.1, -0.05) is 0 Å². The first kappa shape index (κ1) is 16.5. The van der Waals surface area contributed by atoms with Gasteiger partial charge in [0.15, 0.2) is 0 Å². The zero-order valence-corrected chi connectivity index (χ0v) is 11.2. The van der Waals surface area contributed by atoms with E-state index in [1.807, 2.05) is 0 Å². The van der Waals surface area contributed by atoms with Crippen molar-refractivity contribution in [2.24, 2.45) is 0 Å². The summed E-state index contributed by atoms with van der Waals surface area (Å²) in [5.41, 5.74) is 4.50. The Bertz CT molecular complexity index is 629. The molecule has 0 unspecified atom stereocenters. The van der Waals surface area contributed by atoms with Crippen molar-refractivity contribution in [1.82, 2.24) is 9.55 Å². The normalized spacial score (nSPS) is 26.0. The Kier molecular flexibility index (Phi) is 4.54. The highest BCUT2D eigenvalue weighted by Gasteiger charge is 2.35. The molecule has 1 aromatic heterocycles. The number of ether oxygens (including phenoxy) is 1. The average Bonchev–Trinajstić information content (AvgIpc) is 2.77. The summed E-state index contributed by atoms with van der Waals surface area (Å²) in [5, 5.41) is 18.6. The van der Waals surface area contributed by atoms with Crippen LogP contribution in [0.1, 0.15) is 18.2 Å². The number of anilines is 1. The van der Waals surface area contributed by atoms with Crippen LogP contribution in [-0.2, 0) is 4.74 Å². The molecule has 1 fully saturated rings. The van der Waals surface area contributed by atoms with Crippen LogP contribution in [0.15, 0.2) is 17.1 Å². The fraction of sp³-hybridized carbons (Fsp3) is 0.500. The van der Waals surface area contributed by atoms with Crippen LogP contribution < -0.4 is 11.4 Å². The molecule has 122 valence electrons. The molecular weight excluding hydrogens is 307 g/mol. The van der Waals surface area contributed by atoms with E-state index in [0.717, 1.165) is 10.8 Å². The van der Waals surface area contributed by atoms with Crippen LogP contribution in [0.2, 0.25) is 0 Å². The van der Waals surface area contributed by atoms with Crippen molar-refractivity contribution in [2.75, 3.05) is 12.3 Å². The number of aliphatic hydroxyl groups is 2. The Morgan fingerprint density at radius 3 is 2.77 bits per heavy atom. The van der Waals surface area contributed by atoms with Crippen LogP contribution in [0.25, 0.3) is 6.08 Å². The average molecular weight is 321 g/mol. The standard InChI is InChI=1S/C12H14F3N3O4/c13-12(14,15)2-1-6-4-18(11(21)17-10(6)16)9-3-7(20)8(5-19)22-9/h1-2,4,7-9,19-20H,3,5H2,(H2,16,17,21)/b2-1+/t7-,8+,9+/m0/s1. The Balaban J connectivity index is 2.33. The number of hydrogen-bond acceptors (Lipinski definition) is 6. The van der Waals surface area contributed by atoms with Gasteiger partial charge in [0, 0.05) is 24.3 Å². The smallest absolute Gasteiger partial charge is 0.394 e. The van der Waals surface area contributed by atoms with Crippen LogP contribution in [0.4, 0.5) is 19.0 Å². The van der Waals surface area contributed by atoms with E-state index < -0.39 is 36.9 Å². The van der Waals surface area contributed by atoms with Crippen LogP contribution in [-0.4, -0.2) is 44.8 Å². The topological polar surface area (TPSA) is 111 Å². The number of aliphatic hydroxyl groups excluding tert-OH is 2. The lowest BCUT2D eigenvalue weighted by atomic mass is 10.2. The number of alkyl halides is 3. The molecule has 22 heavy (non-hydrogen) atoms. The zero-order valence-electron chi connectivity index (χ0n) is 11.2. The quantitative estimate of drug-likeness (QED) is 0.725. The molecule has 2 heterocycles. The summed E-state index contributed by atoms with van der Waals surface area (Å²) < 4.78 is 42.8. The molecule has 0 radical (unpaired) electrons. The number of hydrogen-bond donors (Lipinski definition) is 3. The zero-order chi connectivity index (χ0) is 16.5. The van der Waals surface area contributed by atoms with Crippen LogP contribution in [0.3, 0.4) is 0 Å². The molecular formula is C12H14F3N3O4. The van der Waals surface area contributed by atoms with Crippen LogP contribution in [0.5, 0.6) is 0 Å². The van der Waals surface area contributed by atoms with E-state index in [9.17, 15) is 23.1 Å². The molecule has 4 N–H and O–H groups in total. The SMILES string of the molecule is Nc1nc(=O)n([C@H]2C[C@H](O)[C@@H](CO)O2)cc1/C=C/C(F)(F)F. The number of nitrogens with two attached hydrogens (primary N) is 1. The number of allylic oxidation sites excluding steroid dienone is 1. The van der Waals surface area contributed by atoms with Gasteiger partial charge in [0.05, 0.1) is 12.7 Å². The molecule has 1 aromatic rings. The van der Waals surface area contributed by atoms with Gasteiger partial charge in [-0.2, -0.15) is 18.2 Å². The van der Waals surface area contributed by atoms with E-state index in [2.05, 4.69) is 4.98 Å². The first-order valence-corrected chi connectivity index (χ1v) is 6.30. The Hall–Kier alpha value is -1.91. The molecule has 7 nitrogen and oxygen atoms in total. The van der Waals surface area contributed by atoms with Crippen molar-refractivity contribution in [3.63, 3.8) is 0 Å². The predicted molar refractivity (Wildman–Crippen MR) is 69.6 cm³/mol. The molecule has 0 bridgehead atoms. The summed E-state index contributed by atoms with van der Waals surface area (Å²) in [6.07, 6.45) is -5.61. The maximum atomic E-state index is 12.2. The number of aromatic nitrogens is 2. The summed E-state index contributed by atoms with van der Waals surface area (Å²) >= 11 is 0. The first-order chi connectivity index (χ1) is 10.2. The number of nitrogen functional groups attached to an aromatic ring is 1. The predicted octanol–water partition coefficient (Wildman–Crippen LogP) is 0.0417. The minimum atomic E-state index is -4.53. The first-order valence-electron chi connectivity index (χ1n) is 6.30. The Labute approximate surface area is 122 Å². The molecule has 10 heteroatoms. The second-order valence-corrected chi connectivity index (χ2v) is 4.76. The molecule has 0 aliphatic carbocycles. The highest BCUT2D eigenvalue weighted by atomic mass is 19.4. The van der Waals surface area contributed by atoms with E-state index in [4.69, 9.17) is 15.6 Å². The molecule has 1 saturated heterocycles. The lowest BCUT2D eigenvalue weighted by Gasteiger charge is -2.15. The molecule has 0 amide bonds. The van der Waals surface area contributed by atoms with E-state index in [-0.39, 0.29) is 23.9 Å². The van der Waals surface area contributed by atoms with Crippen molar-refractivity contribution >= 4 is 11.9 Å².